The second kappa shape index (κ2) is 8.86. The number of halogens is 1. The minimum atomic E-state index is -0.457. The number of nitrogens with one attached hydrogen (secondary N) is 1. The average molecular weight is 332 g/mol. The van der Waals surface area contributed by atoms with Gasteiger partial charge in [0.1, 0.15) is 12.4 Å². The Morgan fingerprint density at radius 3 is 2.74 bits per heavy atom. The van der Waals surface area contributed by atoms with Crippen molar-refractivity contribution in [3.8, 4) is 5.75 Å². The van der Waals surface area contributed by atoms with Crippen LogP contribution in [0.2, 0.25) is 5.02 Å². The van der Waals surface area contributed by atoms with Crippen molar-refractivity contribution in [1.29, 1.82) is 0 Å². The lowest BCUT2D eigenvalue weighted by Gasteiger charge is -2.06. The minimum absolute atomic E-state index is 0.251. The predicted molar refractivity (Wildman–Crippen MR) is 91.7 cm³/mol. The zero-order valence-electron chi connectivity index (χ0n) is 12.8. The summed E-state index contributed by atoms with van der Waals surface area (Å²) in [6, 6.07) is 14.9. The van der Waals surface area contributed by atoms with E-state index in [1.54, 1.807) is 19.2 Å². The van der Waals surface area contributed by atoms with Crippen molar-refractivity contribution in [3.63, 3.8) is 0 Å². The molecule has 2 aromatic rings. The lowest BCUT2D eigenvalue weighted by Crippen LogP contribution is -2.24. The Labute approximate surface area is 140 Å². The monoisotopic (exact) mass is 331 g/mol. The highest BCUT2D eigenvalue weighted by Gasteiger charge is 2.02. The summed E-state index contributed by atoms with van der Waals surface area (Å²) in [5, 5.41) is 3.27. The van der Waals surface area contributed by atoms with Gasteiger partial charge in [-0.15, -0.1) is 0 Å². The first-order valence-electron chi connectivity index (χ1n) is 7.13. The van der Waals surface area contributed by atoms with Crippen LogP contribution in [0.1, 0.15) is 11.1 Å². The van der Waals surface area contributed by atoms with Crippen LogP contribution >= 0.6 is 11.6 Å². The third-order valence-corrected chi connectivity index (χ3v) is 3.31. The van der Waals surface area contributed by atoms with Crippen LogP contribution in [0.25, 0.3) is 6.08 Å². The van der Waals surface area contributed by atoms with E-state index in [1.807, 2.05) is 48.6 Å². The van der Waals surface area contributed by atoms with Gasteiger partial charge in [0.05, 0.1) is 7.11 Å². The van der Waals surface area contributed by atoms with Gasteiger partial charge < -0.3 is 14.8 Å². The molecule has 0 aliphatic heterocycles. The van der Waals surface area contributed by atoms with Crippen molar-refractivity contribution >= 4 is 23.8 Å². The molecule has 0 atom stereocenters. The minimum Gasteiger partial charge on any atom is -0.496 e. The third-order valence-electron chi connectivity index (χ3n) is 3.07. The molecular weight excluding hydrogens is 314 g/mol. The van der Waals surface area contributed by atoms with Crippen molar-refractivity contribution in [2.24, 2.45) is 0 Å². The molecule has 5 heteroatoms. The molecule has 0 radical (unpaired) electrons. The smallest absolute Gasteiger partial charge is 0.407 e. The number of hydrogen-bond acceptors (Lipinski definition) is 3. The van der Waals surface area contributed by atoms with Crippen LogP contribution in [0, 0.1) is 0 Å². The zero-order valence-corrected chi connectivity index (χ0v) is 13.5. The van der Waals surface area contributed by atoms with Crippen LogP contribution < -0.4 is 10.1 Å². The molecule has 0 aromatic heterocycles. The summed E-state index contributed by atoms with van der Waals surface area (Å²) < 4.78 is 10.4. The summed E-state index contributed by atoms with van der Waals surface area (Å²) >= 11 is 5.91. The molecule has 0 heterocycles. The van der Waals surface area contributed by atoms with Gasteiger partial charge in [-0.1, -0.05) is 54.1 Å². The molecule has 2 rings (SSSR count). The molecule has 0 saturated carbocycles. The lowest BCUT2D eigenvalue weighted by molar-refractivity contribution is 0.141. The molecule has 23 heavy (non-hydrogen) atoms. The molecule has 0 spiro atoms. The van der Waals surface area contributed by atoms with Gasteiger partial charge in [-0.25, -0.2) is 4.79 Å². The number of benzene rings is 2. The zero-order chi connectivity index (χ0) is 16.5. The average Bonchev–Trinajstić information content (AvgIpc) is 2.58. The summed E-state index contributed by atoms with van der Waals surface area (Å²) in [5.74, 6) is 0.681. The number of alkyl carbamates (subject to hydrolysis) is 1. The summed E-state index contributed by atoms with van der Waals surface area (Å²) in [5.41, 5.74) is 1.83. The largest absolute Gasteiger partial charge is 0.496 e. The lowest BCUT2D eigenvalue weighted by atomic mass is 10.2. The molecule has 4 nitrogen and oxygen atoms in total. The molecule has 0 bridgehead atoms. The quantitative estimate of drug-likeness (QED) is 0.859. The van der Waals surface area contributed by atoms with Gasteiger partial charge in [0.25, 0.3) is 0 Å². The van der Waals surface area contributed by atoms with E-state index >= 15 is 0 Å². The normalized spacial score (nSPS) is 10.5. The maximum Gasteiger partial charge on any atom is 0.407 e. The molecular formula is C18H18ClNO3. The van der Waals surface area contributed by atoms with Crippen molar-refractivity contribution < 1.29 is 14.3 Å². The number of hydrogen-bond donors (Lipinski definition) is 1. The van der Waals surface area contributed by atoms with Crippen molar-refractivity contribution in [2.75, 3.05) is 13.7 Å². The summed E-state index contributed by atoms with van der Waals surface area (Å²) in [6.07, 6.45) is 3.21. The molecule has 1 amide bonds. The Morgan fingerprint density at radius 1 is 1.22 bits per heavy atom. The van der Waals surface area contributed by atoms with E-state index in [1.165, 1.54) is 0 Å². The fourth-order valence-corrected chi connectivity index (χ4v) is 2.09. The van der Waals surface area contributed by atoms with E-state index in [4.69, 9.17) is 21.1 Å². The van der Waals surface area contributed by atoms with Crippen molar-refractivity contribution in [2.45, 2.75) is 6.61 Å². The van der Waals surface area contributed by atoms with E-state index in [0.29, 0.717) is 17.3 Å². The van der Waals surface area contributed by atoms with Crippen LogP contribution in [0.4, 0.5) is 4.79 Å². The SMILES string of the molecule is COc1cc(Cl)ccc1C=CCNC(=O)OCc1ccccc1. The number of ether oxygens (including phenoxy) is 2. The van der Waals surface area contributed by atoms with Gasteiger partial charge in [0.15, 0.2) is 0 Å². The molecule has 120 valence electrons. The number of rotatable bonds is 6. The van der Waals surface area contributed by atoms with Crippen LogP contribution in [0.3, 0.4) is 0 Å². The van der Waals surface area contributed by atoms with E-state index in [0.717, 1.165) is 11.1 Å². The Kier molecular flexibility index (Phi) is 6.51. The predicted octanol–water partition coefficient (Wildman–Crippen LogP) is 4.29. The number of carbonyl (C=O) groups is 1. The maximum absolute atomic E-state index is 11.6. The van der Waals surface area contributed by atoms with Crippen molar-refractivity contribution in [3.05, 3.63) is 70.8 Å². The van der Waals surface area contributed by atoms with Gasteiger partial charge in [0.2, 0.25) is 0 Å². The first-order chi connectivity index (χ1) is 11.2. The van der Waals surface area contributed by atoms with Gasteiger partial charge in [-0.2, -0.15) is 0 Å². The van der Waals surface area contributed by atoms with Crippen LogP contribution in [-0.4, -0.2) is 19.7 Å². The highest BCUT2D eigenvalue weighted by Crippen LogP contribution is 2.23. The highest BCUT2D eigenvalue weighted by atomic mass is 35.5. The standard InChI is InChI=1S/C18H18ClNO3/c1-22-17-12-16(19)10-9-15(17)8-5-11-20-18(21)23-13-14-6-3-2-4-7-14/h2-10,12H,11,13H2,1H3,(H,20,21). The fourth-order valence-electron chi connectivity index (χ4n) is 1.92. The Bertz CT molecular complexity index is 671. The third kappa shape index (κ3) is 5.68. The Morgan fingerprint density at radius 2 is 2.00 bits per heavy atom. The van der Waals surface area contributed by atoms with Gasteiger partial charge in [-0.3, -0.25) is 0 Å². The van der Waals surface area contributed by atoms with Crippen molar-refractivity contribution in [1.82, 2.24) is 5.32 Å². The van der Waals surface area contributed by atoms with Crippen LogP contribution in [-0.2, 0) is 11.3 Å². The van der Waals surface area contributed by atoms with E-state index in [-0.39, 0.29) is 6.61 Å². The second-order valence-corrected chi connectivity index (χ2v) is 5.17. The molecule has 1 N–H and O–H groups in total. The molecule has 0 unspecified atom stereocenters. The van der Waals surface area contributed by atoms with Gasteiger partial charge >= 0.3 is 6.09 Å². The Balaban J connectivity index is 1.77. The molecule has 0 aliphatic carbocycles. The summed E-state index contributed by atoms with van der Waals surface area (Å²) in [4.78, 5) is 11.6. The first-order valence-corrected chi connectivity index (χ1v) is 7.51. The van der Waals surface area contributed by atoms with E-state index in [9.17, 15) is 4.79 Å². The van der Waals surface area contributed by atoms with Crippen LogP contribution in [0.15, 0.2) is 54.6 Å². The number of amides is 1. The molecule has 0 aliphatic rings. The van der Waals surface area contributed by atoms with E-state index in [2.05, 4.69) is 5.32 Å². The second-order valence-electron chi connectivity index (χ2n) is 4.73. The topological polar surface area (TPSA) is 47.6 Å². The molecule has 2 aromatic carbocycles. The molecule has 0 saturated heterocycles. The highest BCUT2D eigenvalue weighted by molar-refractivity contribution is 6.30. The van der Waals surface area contributed by atoms with Gasteiger partial charge in [-0.05, 0) is 23.8 Å². The van der Waals surface area contributed by atoms with E-state index < -0.39 is 6.09 Å². The first kappa shape index (κ1) is 16.9. The maximum atomic E-state index is 11.6. The fraction of sp³-hybridized carbons (Fsp3) is 0.167. The summed E-state index contributed by atoms with van der Waals surface area (Å²) in [6.45, 7) is 0.612. The molecule has 0 fully saturated rings. The number of methoxy groups -OCH3 is 1. The van der Waals surface area contributed by atoms with Crippen LogP contribution in [0.5, 0.6) is 5.75 Å². The Hall–Kier alpha value is -2.46. The summed E-state index contributed by atoms with van der Waals surface area (Å²) in [7, 11) is 1.59. The number of carbonyl (C=O) groups excluding carboxylic acids is 1. The van der Waals surface area contributed by atoms with Gasteiger partial charge in [0, 0.05) is 17.1 Å².